The summed E-state index contributed by atoms with van der Waals surface area (Å²) in [5, 5.41) is 8.77. The molecular weight excluding hydrogens is 390 g/mol. The number of piperazine rings is 1. The Labute approximate surface area is 183 Å². The van der Waals surface area contributed by atoms with Crippen LogP contribution in [0.5, 0.6) is 0 Å². The summed E-state index contributed by atoms with van der Waals surface area (Å²) in [5.74, 6) is 1.72. The maximum absolute atomic E-state index is 12.4. The van der Waals surface area contributed by atoms with E-state index in [1.54, 1.807) is 0 Å². The standard InChI is InChI=1S/C23H31N7O/c1-6-19-25-21(28-11-13-29(14-12-28)23(31)24-15(2)3)20-17(5)27-30(22(20)26-19)18-9-7-16(4)8-10-18/h7-10,15H,6,11-14H2,1-5H3,(H,24,31). The van der Waals surface area contributed by atoms with E-state index in [-0.39, 0.29) is 12.1 Å². The Morgan fingerprint density at radius 3 is 2.35 bits per heavy atom. The maximum Gasteiger partial charge on any atom is 0.317 e. The largest absolute Gasteiger partial charge is 0.352 e. The monoisotopic (exact) mass is 421 g/mol. The Kier molecular flexibility index (Phi) is 5.80. The summed E-state index contributed by atoms with van der Waals surface area (Å²) < 4.78 is 1.92. The normalized spacial score (nSPS) is 14.5. The fourth-order valence-electron chi connectivity index (χ4n) is 3.92. The molecule has 1 aliphatic heterocycles. The van der Waals surface area contributed by atoms with Gasteiger partial charge in [0.25, 0.3) is 0 Å². The van der Waals surface area contributed by atoms with Gasteiger partial charge in [0, 0.05) is 38.6 Å². The molecule has 31 heavy (non-hydrogen) atoms. The molecule has 0 radical (unpaired) electrons. The number of nitrogens with one attached hydrogen (secondary N) is 1. The predicted molar refractivity (Wildman–Crippen MR) is 123 cm³/mol. The third-order valence-corrected chi connectivity index (χ3v) is 5.60. The van der Waals surface area contributed by atoms with Gasteiger partial charge in [0.1, 0.15) is 11.6 Å². The van der Waals surface area contributed by atoms with E-state index in [0.29, 0.717) is 13.1 Å². The van der Waals surface area contributed by atoms with E-state index in [1.807, 2.05) is 30.4 Å². The average molecular weight is 422 g/mol. The molecular formula is C23H31N7O. The number of hydrogen-bond donors (Lipinski definition) is 1. The lowest BCUT2D eigenvalue weighted by Gasteiger charge is -2.36. The van der Waals surface area contributed by atoms with Crippen LogP contribution in [0.2, 0.25) is 0 Å². The first kappa shape index (κ1) is 21.1. The fraction of sp³-hybridized carbons (Fsp3) is 0.478. The molecule has 0 atom stereocenters. The van der Waals surface area contributed by atoms with E-state index in [0.717, 1.165) is 53.6 Å². The van der Waals surface area contributed by atoms with E-state index in [2.05, 4.69) is 48.3 Å². The highest BCUT2D eigenvalue weighted by Gasteiger charge is 2.26. The van der Waals surface area contributed by atoms with Gasteiger partial charge in [-0.3, -0.25) is 0 Å². The van der Waals surface area contributed by atoms with Gasteiger partial charge >= 0.3 is 6.03 Å². The van der Waals surface area contributed by atoms with Crippen LogP contribution in [0.4, 0.5) is 10.6 Å². The van der Waals surface area contributed by atoms with Crippen LogP contribution < -0.4 is 10.2 Å². The number of aromatic nitrogens is 4. The summed E-state index contributed by atoms with van der Waals surface area (Å²) in [6.45, 7) is 12.9. The van der Waals surface area contributed by atoms with Crippen molar-refractivity contribution in [2.24, 2.45) is 0 Å². The van der Waals surface area contributed by atoms with Crippen LogP contribution in [0.15, 0.2) is 24.3 Å². The van der Waals surface area contributed by atoms with Gasteiger partial charge in [-0.1, -0.05) is 24.6 Å². The summed E-state index contributed by atoms with van der Waals surface area (Å²) in [6, 6.07) is 8.45. The zero-order valence-electron chi connectivity index (χ0n) is 19.0. The Hall–Kier alpha value is -3.16. The highest BCUT2D eigenvalue weighted by Crippen LogP contribution is 2.29. The summed E-state index contributed by atoms with van der Waals surface area (Å²) in [5.41, 5.74) is 3.95. The zero-order chi connectivity index (χ0) is 22.1. The zero-order valence-corrected chi connectivity index (χ0v) is 19.0. The van der Waals surface area contributed by atoms with Crippen molar-refractivity contribution in [2.75, 3.05) is 31.1 Å². The van der Waals surface area contributed by atoms with E-state index in [4.69, 9.17) is 15.1 Å². The molecule has 1 N–H and O–H groups in total. The topological polar surface area (TPSA) is 79.2 Å². The third kappa shape index (κ3) is 4.19. The van der Waals surface area contributed by atoms with E-state index < -0.39 is 0 Å². The van der Waals surface area contributed by atoms with Crippen molar-refractivity contribution in [1.82, 2.24) is 30.0 Å². The van der Waals surface area contributed by atoms with Crippen molar-refractivity contribution in [3.05, 3.63) is 41.3 Å². The molecule has 8 nitrogen and oxygen atoms in total. The smallest absolute Gasteiger partial charge is 0.317 e. The molecule has 3 aromatic rings. The fourth-order valence-corrected chi connectivity index (χ4v) is 3.92. The first-order valence-electron chi connectivity index (χ1n) is 11.0. The second-order valence-electron chi connectivity index (χ2n) is 8.43. The maximum atomic E-state index is 12.4. The van der Waals surface area contributed by atoms with Crippen LogP contribution in [0, 0.1) is 13.8 Å². The molecule has 8 heteroatoms. The number of benzene rings is 1. The summed E-state index contributed by atoms with van der Waals surface area (Å²) in [6.07, 6.45) is 0.748. The first-order chi connectivity index (χ1) is 14.9. The third-order valence-electron chi connectivity index (χ3n) is 5.60. The first-order valence-corrected chi connectivity index (χ1v) is 11.0. The molecule has 164 valence electrons. The van der Waals surface area contributed by atoms with Crippen LogP contribution in [-0.4, -0.2) is 62.9 Å². The van der Waals surface area contributed by atoms with Gasteiger partial charge in [-0.05, 0) is 39.8 Å². The molecule has 0 bridgehead atoms. The second-order valence-corrected chi connectivity index (χ2v) is 8.43. The number of carbonyl (C=O) groups is 1. The van der Waals surface area contributed by atoms with Gasteiger partial charge in [-0.2, -0.15) is 5.10 Å². The summed E-state index contributed by atoms with van der Waals surface area (Å²) >= 11 is 0. The minimum Gasteiger partial charge on any atom is -0.352 e. The Morgan fingerprint density at radius 1 is 1.06 bits per heavy atom. The lowest BCUT2D eigenvalue weighted by molar-refractivity contribution is 0.192. The molecule has 0 unspecified atom stereocenters. The highest BCUT2D eigenvalue weighted by molar-refractivity contribution is 5.91. The molecule has 1 saturated heterocycles. The van der Waals surface area contributed by atoms with Gasteiger partial charge in [-0.25, -0.2) is 19.4 Å². The molecule has 1 aromatic carbocycles. The van der Waals surface area contributed by atoms with Crippen molar-refractivity contribution in [3.8, 4) is 5.69 Å². The minimum absolute atomic E-state index is 0.0000953. The number of anilines is 1. The van der Waals surface area contributed by atoms with Crippen LogP contribution in [-0.2, 0) is 6.42 Å². The minimum atomic E-state index is 0.0000953. The van der Waals surface area contributed by atoms with E-state index in [9.17, 15) is 4.79 Å². The second kappa shape index (κ2) is 8.53. The van der Waals surface area contributed by atoms with Crippen LogP contribution in [0.3, 0.4) is 0 Å². The average Bonchev–Trinajstić information content (AvgIpc) is 3.09. The van der Waals surface area contributed by atoms with Crippen molar-refractivity contribution < 1.29 is 4.79 Å². The van der Waals surface area contributed by atoms with Crippen molar-refractivity contribution >= 4 is 22.9 Å². The molecule has 1 aliphatic rings. The van der Waals surface area contributed by atoms with Crippen molar-refractivity contribution in [1.29, 1.82) is 0 Å². The molecule has 2 amide bonds. The highest BCUT2D eigenvalue weighted by atomic mass is 16.2. The molecule has 0 aliphatic carbocycles. The number of carbonyl (C=O) groups excluding carboxylic acids is 1. The molecule has 2 aromatic heterocycles. The number of fused-ring (bicyclic) bond motifs is 1. The Balaban J connectivity index is 1.69. The van der Waals surface area contributed by atoms with Gasteiger partial charge in [0.2, 0.25) is 0 Å². The molecule has 0 saturated carbocycles. The molecule has 4 rings (SSSR count). The number of nitrogens with zero attached hydrogens (tertiary/aromatic N) is 6. The van der Waals surface area contributed by atoms with Crippen LogP contribution in [0.1, 0.15) is 37.9 Å². The number of hydrogen-bond acceptors (Lipinski definition) is 5. The van der Waals surface area contributed by atoms with E-state index in [1.165, 1.54) is 5.56 Å². The van der Waals surface area contributed by atoms with Crippen molar-refractivity contribution in [2.45, 2.75) is 47.1 Å². The van der Waals surface area contributed by atoms with Gasteiger partial charge in [0.15, 0.2) is 5.65 Å². The van der Waals surface area contributed by atoms with Gasteiger partial charge in [-0.15, -0.1) is 0 Å². The predicted octanol–water partition coefficient (Wildman–Crippen LogP) is 3.23. The number of rotatable bonds is 4. The van der Waals surface area contributed by atoms with Gasteiger partial charge < -0.3 is 15.1 Å². The quantitative estimate of drug-likeness (QED) is 0.700. The summed E-state index contributed by atoms with van der Waals surface area (Å²) in [7, 11) is 0. The van der Waals surface area contributed by atoms with Gasteiger partial charge in [0.05, 0.1) is 16.8 Å². The lowest BCUT2D eigenvalue weighted by atomic mass is 10.2. The Morgan fingerprint density at radius 2 is 1.74 bits per heavy atom. The molecule has 3 heterocycles. The lowest BCUT2D eigenvalue weighted by Crippen LogP contribution is -2.53. The number of aryl methyl sites for hydroxylation is 3. The number of urea groups is 1. The molecule has 1 fully saturated rings. The summed E-state index contributed by atoms with van der Waals surface area (Å²) in [4.78, 5) is 26.2. The van der Waals surface area contributed by atoms with Crippen LogP contribution in [0.25, 0.3) is 16.7 Å². The van der Waals surface area contributed by atoms with Crippen molar-refractivity contribution in [3.63, 3.8) is 0 Å². The molecule has 0 spiro atoms. The van der Waals surface area contributed by atoms with Crippen LogP contribution >= 0.6 is 0 Å². The number of amides is 2. The van der Waals surface area contributed by atoms with E-state index >= 15 is 0 Å². The SMILES string of the molecule is CCc1nc(N2CCN(C(=O)NC(C)C)CC2)c2c(C)nn(-c3ccc(C)cc3)c2n1. The Bertz CT molecular complexity index is 1080.